The predicted molar refractivity (Wildman–Crippen MR) is 231 cm³/mol. The van der Waals surface area contributed by atoms with Crippen LogP contribution in [0.4, 0.5) is 11.4 Å². The predicted octanol–water partition coefficient (Wildman–Crippen LogP) is 14.8. The molecule has 0 bridgehead atoms. The van der Waals surface area contributed by atoms with Crippen molar-refractivity contribution in [2.24, 2.45) is 0 Å². The molecule has 10 rings (SSSR count). The van der Waals surface area contributed by atoms with E-state index >= 15 is 0 Å². The number of anilines is 2. The van der Waals surface area contributed by atoms with Gasteiger partial charge in [0.2, 0.25) is 0 Å². The van der Waals surface area contributed by atoms with Crippen LogP contribution < -0.4 is 4.90 Å². The summed E-state index contributed by atoms with van der Waals surface area (Å²) in [6.45, 7) is 6.87. The molecule has 0 amide bonds. The maximum atomic E-state index is 6.39. The third-order valence-electron chi connectivity index (χ3n) is 11.3. The lowest BCUT2D eigenvalue weighted by Crippen LogP contribution is -2.15. The van der Waals surface area contributed by atoms with Gasteiger partial charge in [0, 0.05) is 48.6 Å². The summed E-state index contributed by atoms with van der Waals surface area (Å²) in [6.07, 6.45) is 7.53. The Morgan fingerprint density at radius 2 is 1.33 bits per heavy atom. The molecule has 260 valence electrons. The number of thiophene rings is 1. The zero-order chi connectivity index (χ0) is 36.4. The van der Waals surface area contributed by atoms with Crippen molar-refractivity contribution in [3.05, 3.63) is 192 Å². The first kappa shape index (κ1) is 32.5. The number of fused-ring (bicyclic) bond motifs is 10. The van der Waals surface area contributed by atoms with E-state index in [1.807, 2.05) is 17.4 Å². The molecule has 0 fully saturated rings. The molecule has 1 aliphatic rings. The fraction of sp³-hybridized carbons (Fsp3) is 0.0980. The van der Waals surface area contributed by atoms with Gasteiger partial charge in [0.25, 0.3) is 0 Å². The maximum Gasteiger partial charge on any atom is 0.138 e. The van der Waals surface area contributed by atoms with Gasteiger partial charge in [-0.05, 0) is 77.1 Å². The molecule has 0 saturated heterocycles. The lowest BCUT2D eigenvalue weighted by Gasteiger charge is -2.27. The van der Waals surface area contributed by atoms with Crippen molar-refractivity contribution in [2.75, 3.05) is 4.90 Å². The van der Waals surface area contributed by atoms with Crippen LogP contribution in [0.1, 0.15) is 37.5 Å². The van der Waals surface area contributed by atoms with Crippen LogP contribution in [0.5, 0.6) is 0 Å². The first-order valence-electron chi connectivity index (χ1n) is 18.8. The molecule has 2 heterocycles. The van der Waals surface area contributed by atoms with Crippen LogP contribution in [0.2, 0.25) is 0 Å². The highest BCUT2D eigenvalue weighted by molar-refractivity contribution is 7.27. The summed E-state index contributed by atoms with van der Waals surface area (Å²) in [6, 6.07) is 54.9. The zero-order valence-electron chi connectivity index (χ0n) is 30.6. The first-order valence-corrected chi connectivity index (χ1v) is 19.6. The van der Waals surface area contributed by atoms with Crippen LogP contribution in [0.15, 0.2) is 180 Å². The zero-order valence-corrected chi connectivity index (χ0v) is 31.5. The molecule has 0 unspecified atom stereocenters. The molecule has 54 heavy (non-hydrogen) atoms. The number of para-hydroxylation sites is 2. The molecule has 9 aromatic rings. The molecule has 0 N–H and O–H groups in total. The standard InChI is InChI=1S/C51H39NOS/c1-4-36(19-12-17-35-18-13-22-39-38-20-9-11-26-46(38)53-48(35)39)52(37-29-27-34(28-30-37)33-15-6-5-7-16-33)45-25-14-23-40-41-31-32-44-47(50(41)54-49(40)45)42-21-8-10-24-43(42)51(44,2)3/h4-16,18-32H,17H2,1-3H3/b19-12-,36-4+. The second-order valence-electron chi connectivity index (χ2n) is 14.8. The van der Waals surface area contributed by atoms with Crippen molar-refractivity contribution >= 4 is 64.8 Å². The minimum absolute atomic E-state index is 0.0404. The molecule has 2 aromatic heterocycles. The van der Waals surface area contributed by atoms with Crippen LogP contribution in [0.25, 0.3) is 64.4 Å². The maximum absolute atomic E-state index is 6.39. The van der Waals surface area contributed by atoms with Gasteiger partial charge >= 0.3 is 0 Å². The minimum atomic E-state index is -0.0404. The topological polar surface area (TPSA) is 16.4 Å². The van der Waals surface area contributed by atoms with E-state index in [4.69, 9.17) is 4.42 Å². The third kappa shape index (κ3) is 5.07. The van der Waals surface area contributed by atoms with Gasteiger partial charge in [-0.2, -0.15) is 0 Å². The summed E-state index contributed by atoms with van der Waals surface area (Å²) in [5.41, 5.74) is 14.4. The van der Waals surface area contributed by atoms with Crippen molar-refractivity contribution in [1.29, 1.82) is 0 Å². The SMILES string of the molecule is C/C=C(\C=C/Cc1cccc2c1oc1ccccc12)N(c1ccc(-c2ccccc2)cc1)c1cccc2c1sc1c3c(ccc12)C(C)(C)c1ccccc1-3. The number of furan rings is 1. The number of benzene rings is 7. The van der Waals surface area contributed by atoms with Crippen LogP contribution in [0, 0.1) is 0 Å². The summed E-state index contributed by atoms with van der Waals surface area (Å²) >= 11 is 1.93. The Bertz CT molecular complexity index is 2940. The fourth-order valence-electron chi connectivity index (χ4n) is 8.64. The van der Waals surface area contributed by atoms with Gasteiger partial charge in [0.05, 0.1) is 10.4 Å². The first-order chi connectivity index (χ1) is 26.5. The smallest absolute Gasteiger partial charge is 0.138 e. The van der Waals surface area contributed by atoms with Gasteiger partial charge in [-0.25, -0.2) is 0 Å². The molecule has 3 heteroatoms. The van der Waals surface area contributed by atoms with Crippen molar-refractivity contribution in [1.82, 2.24) is 0 Å². The Morgan fingerprint density at radius 1 is 0.630 bits per heavy atom. The van der Waals surface area contributed by atoms with E-state index in [2.05, 4.69) is 189 Å². The van der Waals surface area contributed by atoms with Gasteiger partial charge < -0.3 is 9.32 Å². The monoisotopic (exact) mass is 713 g/mol. The Morgan fingerprint density at radius 3 is 2.19 bits per heavy atom. The second kappa shape index (κ2) is 12.8. The van der Waals surface area contributed by atoms with E-state index in [9.17, 15) is 0 Å². The summed E-state index contributed by atoms with van der Waals surface area (Å²) in [5, 5.41) is 4.93. The van der Waals surface area contributed by atoms with Crippen LogP contribution in [-0.4, -0.2) is 0 Å². The van der Waals surface area contributed by atoms with Crippen molar-refractivity contribution in [3.63, 3.8) is 0 Å². The fourth-order valence-corrected chi connectivity index (χ4v) is 10.0. The van der Waals surface area contributed by atoms with Crippen molar-refractivity contribution in [3.8, 4) is 22.3 Å². The van der Waals surface area contributed by atoms with E-state index < -0.39 is 0 Å². The van der Waals surface area contributed by atoms with Gasteiger partial charge in [0.1, 0.15) is 11.2 Å². The van der Waals surface area contributed by atoms with Gasteiger partial charge in [0.15, 0.2) is 0 Å². The number of hydrogen-bond acceptors (Lipinski definition) is 3. The van der Waals surface area contributed by atoms with Gasteiger partial charge in [-0.15, -0.1) is 11.3 Å². The molecule has 2 nitrogen and oxygen atoms in total. The van der Waals surface area contributed by atoms with Crippen LogP contribution in [-0.2, 0) is 11.8 Å². The Balaban J connectivity index is 1.11. The number of nitrogens with zero attached hydrogens (tertiary/aromatic N) is 1. The number of allylic oxidation sites excluding steroid dienone is 3. The summed E-state index contributed by atoms with van der Waals surface area (Å²) in [4.78, 5) is 2.43. The molecule has 0 aliphatic heterocycles. The molecule has 1 aliphatic carbocycles. The highest BCUT2D eigenvalue weighted by Crippen LogP contribution is 2.55. The van der Waals surface area contributed by atoms with E-state index in [0.717, 1.165) is 39.7 Å². The van der Waals surface area contributed by atoms with E-state index in [1.165, 1.54) is 64.8 Å². The van der Waals surface area contributed by atoms with Crippen molar-refractivity contribution < 1.29 is 4.42 Å². The quantitative estimate of drug-likeness (QED) is 0.153. The second-order valence-corrected chi connectivity index (χ2v) is 15.8. The molecule has 0 radical (unpaired) electrons. The summed E-state index contributed by atoms with van der Waals surface area (Å²) in [5.74, 6) is 0. The molecular formula is C51H39NOS. The average molecular weight is 714 g/mol. The van der Waals surface area contributed by atoms with Crippen molar-refractivity contribution in [2.45, 2.75) is 32.6 Å². The number of hydrogen-bond donors (Lipinski definition) is 0. The molecule has 0 spiro atoms. The average Bonchev–Trinajstić information content (AvgIpc) is 3.87. The molecule has 0 saturated carbocycles. The van der Waals surface area contributed by atoms with Crippen LogP contribution in [0.3, 0.4) is 0 Å². The largest absolute Gasteiger partial charge is 0.456 e. The van der Waals surface area contributed by atoms with E-state index in [0.29, 0.717) is 0 Å². The Labute approximate surface area is 319 Å². The minimum Gasteiger partial charge on any atom is -0.456 e. The van der Waals surface area contributed by atoms with Gasteiger partial charge in [-0.3, -0.25) is 0 Å². The molecule has 7 aromatic carbocycles. The molecular weight excluding hydrogens is 675 g/mol. The van der Waals surface area contributed by atoms with Crippen LogP contribution >= 0.6 is 11.3 Å². The highest BCUT2D eigenvalue weighted by atomic mass is 32.1. The third-order valence-corrected chi connectivity index (χ3v) is 12.6. The lowest BCUT2D eigenvalue weighted by molar-refractivity contribution is 0.661. The van der Waals surface area contributed by atoms with E-state index in [1.54, 1.807) is 0 Å². The molecule has 0 atom stereocenters. The Hall–Kier alpha value is -6.16. The number of rotatable bonds is 7. The van der Waals surface area contributed by atoms with Gasteiger partial charge in [-0.1, -0.05) is 153 Å². The summed E-state index contributed by atoms with van der Waals surface area (Å²) in [7, 11) is 0. The van der Waals surface area contributed by atoms with E-state index in [-0.39, 0.29) is 5.41 Å². The summed E-state index contributed by atoms with van der Waals surface area (Å²) < 4.78 is 9.04. The normalized spacial score (nSPS) is 13.7. The Kier molecular flexibility index (Phi) is 7.67. The lowest BCUT2D eigenvalue weighted by atomic mass is 9.82. The highest BCUT2D eigenvalue weighted by Gasteiger charge is 2.37.